The van der Waals surface area contributed by atoms with Crippen molar-refractivity contribution >= 4 is 28.9 Å². The van der Waals surface area contributed by atoms with Crippen molar-refractivity contribution in [3.8, 4) is 0 Å². The maximum Gasteiger partial charge on any atom is 0.224 e. The van der Waals surface area contributed by atoms with E-state index in [9.17, 15) is 9.18 Å². The summed E-state index contributed by atoms with van der Waals surface area (Å²) in [6, 6.07) is 6.50. The van der Waals surface area contributed by atoms with Crippen molar-refractivity contribution in [1.82, 2.24) is 20.5 Å². The molecule has 162 valence electrons. The third kappa shape index (κ3) is 6.16. The molecule has 1 aromatic heterocycles. The Hall–Kier alpha value is -2.68. The van der Waals surface area contributed by atoms with Gasteiger partial charge in [-0.25, -0.2) is 9.37 Å². The molecule has 2 N–H and O–H groups in total. The molecule has 1 saturated heterocycles. The number of piperazine rings is 1. The van der Waals surface area contributed by atoms with Crippen LogP contribution in [0.2, 0.25) is 0 Å². The molecule has 9 heteroatoms. The van der Waals surface area contributed by atoms with E-state index in [0.29, 0.717) is 38.6 Å². The summed E-state index contributed by atoms with van der Waals surface area (Å²) in [5, 5.41) is 7.44. The van der Waals surface area contributed by atoms with E-state index in [1.807, 2.05) is 11.1 Å². The van der Waals surface area contributed by atoms with Crippen molar-refractivity contribution in [3.05, 3.63) is 46.2 Å². The topological polar surface area (TPSA) is 72.9 Å². The quantitative estimate of drug-likeness (QED) is 0.519. The zero-order valence-electron chi connectivity index (χ0n) is 17.5. The molecule has 0 bridgehead atoms. The van der Waals surface area contributed by atoms with Gasteiger partial charge >= 0.3 is 0 Å². The Bertz CT molecular complexity index is 845. The van der Waals surface area contributed by atoms with E-state index in [4.69, 9.17) is 0 Å². The number of halogens is 1. The number of nitrogens with zero attached hydrogens (tertiary/aromatic N) is 4. The van der Waals surface area contributed by atoms with Crippen LogP contribution in [0.15, 0.2) is 35.5 Å². The van der Waals surface area contributed by atoms with Crippen LogP contribution >= 0.6 is 11.3 Å². The van der Waals surface area contributed by atoms with Gasteiger partial charge in [-0.15, -0.1) is 11.3 Å². The molecular formula is C21H29FN6OS. The summed E-state index contributed by atoms with van der Waals surface area (Å²) >= 11 is 1.69. The van der Waals surface area contributed by atoms with Crippen molar-refractivity contribution in [3.63, 3.8) is 0 Å². The Kier molecular flexibility index (Phi) is 8.01. The predicted octanol–water partition coefficient (Wildman–Crippen LogP) is 2.25. The highest BCUT2D eigenvalue weighted by molar-refractivity contribution is 7.11. The van der Waals surface area contributed by atoms with Crippen LogP contribution < -0.4 is 15.5 Å². The first kappa shape index (κ1) is 22.0. The Morgan fingerprint density at radius 2 is 1.93 bits per heavy atom. The van der Waals surface area contributed by atoms with E-state index in [1.165, 1.54) is 17.0 Å². The van der Waals surface area contributed by atoms with E-state index in [1.54, 1.807) is 30.5 Å². The third-order valence-electron chi connectivity index (χ3n) is 5.04. The molecule has 2 aromatic rings. The smallest absolute Gasteiger partial charge is 0.224 e. The lowest BCUT2D eigenvalue weighted by Gasteiger charge is -2.36. The fourth-order valence-corrected chi connectivity index (χ4v) is 4.09. The number of guanidine groups is 1. The Labute approximate surface area is 181 Å². The molecule has 30 heavy (non-hydrogen) atoms. The number of benzene rings is 1. The standard InChI is InChI=1S/C21H29FN6OS/c1-3-18-14-25-19(30-18)15-26-21(23-2)24-9-8-20(29)28-12-10-27(11-13-28)17-6-4-16(22)5-7-17/h4-7,14H,3,8-13,15H2,1-2H3,(H2,23,24,26). The molecule has 0 spiro atoms. The number of hydrogen-bond donors (Lipinski definition) is 2. The minimum atomic E-state index is -0.234. The average Bonchev–Trinajstić information content (AvgIpc) is 3.25. The number of thiazole rings is 1. The number of aromatic nitrogens is 1. The van der Waals surface area contributed by atoms with Crippen LogP contribution in [0.5, 0.6) is 0 Å². The zero-order chi connectivity index (χ0) is 21.3. The molecule has 1 aliphatic rings. The summed E-state index contributed by atoms with van der Waals surface area (Å²) in [7, 11) is 1.71. The fourth-order valence-electron chi connectivity index (χ4n) is 3.29. The molecule has 0 saturated carbocycles. The number of carbonyl (C=O) groups excluding carboxylic acids is 1. The van der Waals surface area contributed by atoms with Crippen LogP contribution in [0, 0.1) is 5.82 Å². The number of nitrogens with one attached hydrogen (secondary N) is 2. The number of carbonyl (C=O) groups is 1. The minimum Gasteiger partial charge on any atom is -0.368 e. The number of amides is 1. The third-order valence-corrected chi connectivity index (χ3v) is 6.18. The van der Waals surface area contributed by atoms with Crippen LogP contribution in [0.1, 0.15) is 23.2 Å². The largest absolute Gasteiger partial charge is 0.368 e. The lowest BCUT2D eigenvalue weighted by atomic mass is 10.2. The molecule has 0 unspecified atom stereocenters. The molecular weight excluding hydrogens is 403 g/mol. The second-order valence-electron chi connectivity index (χ2n) is 7.02. The van der Waals surface area contributed by atoms with Crippen LogP contribution in [-0.2, 0) is 17.8 Å². The molecule has 0 radical (unpaired) electrons. The van der Waals surface area contributed by atoms with Gasteiger partial charge in [-0.05, 0) is 30.7 Å². The van der Waals surface area contributed by atoms with Crippen molar-refractivity contribution in [1.29, 1.82) is 0 Å². The molecule has 7 nitrogen and oxygen atoms in total. The summed E-state index contributed by atoms with van der Waals surface area (Å²) in [5.74, 6) is 0.559. The summed E-state index contributed by atoms with van der Waals surface area (Å²) in [6.45, 7) is 6.10. The highest BCUT2D eigenvalue weighted by Crippen LogP contribution is 2.17. The van der Waals surface area contributed by atoms with E-state index < -0.39 is 0 Å². The number of rotatable bonds is 7. The van der Waals surface area contributed by atoms with E-state index in [2.05, 4.69) is 32.4 Å². The van der Waals surface area contributed by atoms with Gasteiger partial charge in [-0.3, -0.25) is 9.79 Å². The van der Waals surface area contributed by atoms with Gasteiger partial charge in [0.2, 0.25) is 5.91 Å². The van der Waals surface area contributed by atoms with Gasteiger partial charge < -0.3 is 20.4 Å². The molecule has 1 fully saturated rings. The van der Waals surface area contributed by atoms with Crippen LogP contribution in [0.4, 0.5) is 10.1 Å². The normalized spacial score (nSPS) is 14.7. The Balaban J connectivity index is 1.36. The Morgan fingerprint density at radius 3 is 2.57 bits per heavy atom. The van der Waals surface area contributed by atoms with Crippen molar-refractivity contribution in [2.45, 2.75) is 26.3 Å². The van der Waals surface area contributed by atoms with Crippen LogP contribution in [0.3, 0.4) is 0 Å². The SMILES string of the molecule is CCc1cnc(CNC(=NC)NCCC(=O)N2CCN(c3ccc(F)cc3)CC2)s1. The van der Waals surface area contributed by atoms with Gasteiger partial charge in [-0.1, -0.05) is 6.92 Å². The van der Waals surface area contributed by atoms with Crippen LogP contribution in [0.25, 0.3) is 0 Å². The van der Waals surface area contributed by atoms with Gasteiger partial charge in [0.15, 0.2) is 5.96 Å². The van der Waals surface area contributed by atoms with Gasteiger partial charge in [0.25, 0.3) is 0 Å². The number of aryl methyl sites for hydroxylation is 1. The number of anilines is 1. The second kappa shape index (κ2) is 10.9. The first-order valence-corrected chi connectivity index (χ1v) is 11.1. The van der Waals surface area contributed by atoms with Gasteiger partial charge in [-0.2, -0.15) is 0 Å². The average molecular weight is 433 g/mol. The van der Waals surface area contributed by atoms with E-state index in [-0.39, 0.29) is 11.7 Å². The monoisotopic (exact) mass is 432 g/mol. The molecule has 1 aromatic carbocycles. The molecule has 0 aliphatic carbocycles. The maximum absolute atomic E-state index is 13.1. The molecule has 1 aliphatic heterocycles. The second-order valence-corrected chi connectivity index (χ2v) is 8.22. The van der Waals surface area contributed by atoms with E-state index >= 15 is 0 Å². The number of hydrogen-bond acceptors (Lipinski definition) is 5. The molecule has 1 amide bonds. The van der Waals surface area contributed by atoms with E-state index in [0.717, 1.165) is 30.2 Å². The number of aliphatic imine (C=N–C) groups is 1. The molecule has 3 rings (SSSR count). The molecule has 0 atom stereocenters. The van der Waals surface area contributed by atoms with Gasteiger partial charge in [0, 0.05) is 63.0 Å². The van der Waals surface area contributed by atoms with Crippen molar-refractivity contribution < 1.29 is 9.18 Å². The first-order valence-electron chi connectivity index (χ1n) is 10.3. The molecule has 2 heterocycles. The summed E-state index contributed by atoms with van der Waals surface area (Å²) in [5.41, 5.74) is 0.992. The van der Waals surface area contributed by atoms with Crippen molar-refractivity contribution in [2.24, 2.45) is 4.99 Å². The lowest BCUT2D eigenvalue weighted by molar-refractivity contribution is -0.131. The van der Waals surface area contributed by atoms with Gasteiger partial charge in [0.05, 0.1) is 6.54 Å². The minimum absolute atomic E-state index is 0.129. The van der Waals surface area contributed by atoms with Crippen molar-refractivity contribution in [2.75, 3.05) is 44.7 Å². The predicted molar refractivity (Wildman–Crippen MR) is 120 cm³/mol. The highest BCUT2D eigenvalue weighted by Gasteiger charge is 2.21. The van der Waals surface area contributed by atoms with Crippen LogP contribution in [-0.4, -0.2) is 61.5 Å². The maximum atomic E-state index is 13.1. The lowest BCUT2D eigenvalue weighted by Crippen LogP contribution is -2.49. The summed E-state index contributed by atoms with van der Waals surface area (Å²) in [6.07, 6.45) is 3.31. The summed E-state index contributed by atoms with van der Waals surface area (Å²) in [4.78, 5) is 26.4. The zero-order valence-corrected chi connectivity index (χ0v) is 18.3. The van der Waals surface area contributed by atoms with Gasteiger partial charge in [0.1, 0.15) is 10.8 Å². The first-order chi connectivity index (χ1) is 14.6. The highest BCUT2D eigenvalue weighted by atomic mass is 32.1. The Morgan fingerprint density at radius 1 is 1.20 bits per heavy atom. The summed E-state index contributed by atoms with van der Waals surface area (Å²) < 4.78 is 13.1. The fraction of sp³-hybridized carbons (Fsp3) is 0.476.